The van der Waals surface area contributed by atoms with Gasteiger partial charge in [0.25, 0.3) is 5.91 Å². The molecule has 1 aliphatic rings. The second-order valence-corrected chi connectivity index (χ2v) is 9.62. The Kier molecular flexibility index (Phi) is 9.26. The van der Waals surface area contributed by atoms with Crippen LogP contribution in [0.25, 0.3) is 11.3 Å². The summed E-state index contributed by atoms with van der Waals surface area (Å²) in [5.74, 6) is 1.44. The first kappa shape index (κ1) is 27.1. The van der Waals surface area contributed by atoms with Gasteiger partial charge in [-0.1, -0.05) is 18.2 Å². The number of likely N-dealkylation sites (N-methyl/N-ethyl adjacent to an activating group) is 1. The number of hydrogen-bond acceptors (Lipinski definition) is 7. The summed E-state index contributed by atoms with van der Waals surface area (Å²) in [6, 6.07) is 20.8. The first-order valence-electron chi connectivity index (χ1n) is 12.9. The molecule has 1 saturated heterocycles. The molecule has 0 bridgehead atoms. The molecular formula is C29H36N6O3. The lowest BCUT2D eigenvalue weighted by Gasteiger charge is -2.28. The fourth-order valence-corrected chi connectivity index (χ4v) is 4.41. The Morgan fingerprint density at radius 1 is 0.868 bits per heavy atom. The number of nitrogens with zero attached hydrogens (tertiary/aromatic N) is 6. The van der Waals surface area contributed by atoms with Crippen molar-refractivity contribution in [1.82, 2.24) is 24.9 Å². The van der Waals surface area contributed by atoms with E-state index in [1.165, 1.54) is 0 Å². The van der Waals surface area contributed by atoms with E-state index in [9.17, 15) is 9.59 Å². The number of carbonyl (C=O) groups is 2. The highest BCUT2D eigenvalue weighted by Crippen LogP contribution is 2.22. The van der Waals surface area contributed by atoms with Crippen LogP contribution in [0.4, 0.5) is 5.82 Å². The van der Waals surface area contributed by atoms with Crippen LogP contribution in [0, 0.1) is 0 Å². The second-order valence-electron chi connectivity index (χ2n) is 9.62. The van der Waals surface area contributed by atoms with Crippen LogP contribution in [0.15, 0.2) is 66.7 Å². The Hall–Kier alpha value is -3.98. The Balaban J connectivity index is 1.37. The van der Waals surface area contributed by atoms with Gasteiger partial charge >= 0.3 is 0 Å². The van der Waals surface area contributed by atoms with Crippen LogP contribution in [0.2, 0.25) is 0 Å². The molecule has 3 aromatic rings. The molecular weight excluding hydrogens is 480 g/mol. The maximum atomic E-state index is 13.3. The summed E-state index contributed by atoms with van der Waals surface area (Å²) in [4.78, 5) is 34.1. The van der Waals surface area contributed by atoms with Crippen molar-refractivity contribution in [1.29, 1.82) is 0 Å². The third-order valence-electron chi connectivity index (χ3n) is 6.66. The lowest BCUT2D eigenvalue weighted by atomic mass is 10.1. The molecule has 38 heavy (non-hydrogen) atoms. The highest BCUT2D eigenvalue weighted by atomic mass is 16.5. The van der Waals surface area contributed by atoms with E-state index in [0.29, 0.717) is 38.3 Å². The molecule has 0 unspecified atom stereocenters. The Morgan fingerprint density at radius 2 is 1.63 bits per heavy atom. The number of benzene rings is 2. The van der Waals surface area contributed by atoms with Gasteiger partial charge in [0.15, 0.2) is 5.82 Å². The smallest absolute Gasteiger partial charge is 0.254 e. The zero-order chi connectivity index (χ0) is 26.9. The molecule has 200 valence electrons. The predicted octanol–water partition coefficient (Wildman–Crippen LogP) is 2.89. The number of hydrogen-bond donors (Lipinski definition) is 0. The molecule has 0 aliphatic carbocycles. The first-order chi connectivity index (χ1) is 18.4. The van der Waals surface area contributed by atoms with Gasteiger partial charge in [-0.05, 0) is 69.0 Å². The third kappa shape index (κ3) is 7.07. The van der Waals surface area contributed by atoms with Crippen molar-refractivity contribution >= 4 is 17.6 Å². The predicted molar refractivity (Wildman–Crippen MR) is 148 cm³/mol. The van der Waals surface area contributed by atoms with E-state index in [4.69, 9.17) is 4.74 Å². The first-order valence-corrected chi connectivity index (χ1v) is 12.9. The number of anilines is 1. The van der Waals surface area contributed by atoms with Gasteiger partial charge in [-0.15, -0.1) is 10.2 Å². The molecule has 0 saturated carbocycles. The quantitative estimate of drug-likeness (QED) is 0.433. The molecule has 1 aromatic heterocycles. The number of carbonyl (C=O) groups excluding carboxylic acids is 2. The summed E-state index contributed by atoms with van der Waals surface area (Å²) in [5.41, 5.74) is 2.36. The largest absolute Gasteiger partial charge is 0.497 e. The van der Waals surface area contributed by atoms with Crippen LogP contribution in [0.3, 0.4) is 0 Å². The van der Waals surface area contributed by atoms with Gasteiger partial charge in [-0.2, -0.15) is 0 Å². The second kappa shape index (κ2) is 13.0. The van der Waals surface area contributed by atoms with Crippen LogP contribution in [0.5, 0.6) is 5.75 Å². The lowest BCUT2D eigenvalue weighted by Crippen LogP contribution is -2.46. The van der Waals surface area contributed by atoms with Crippen molar-refractivity contribution < 1.29 is 14.3 Å². The van der Waals surface area contributed by atoms with E-state index in [1.807, 2.05) is 78.5 Å². The van der Waals surface area contributed by atoms with Gasteiger partial charge in [0.05, 0.1) is 12.8 Å². The molecule has 2 amide bonds. The van der Waals surface area contributed by atoms with Crippen LogP contribution < -0.4 is 9.64 Å². The maximum absolute atomic E-state index is 13.3. The third-order valence-corrected chi connectivity index (χ3v) is 6.66. The lowest BCUT2D eigenvalue weighted by molar-refractivity contribution is -0.131. The Morgan fingerprint density at radius 3 is 2.29 bits per heavy atom. The van der Waals surface area contributed by atoms with Gasteiger partial charge in [0.1, 0.15) is 12.3 Å². The molecule has 0 radical (unpaired) electrons. The van der Waals surface area contributed by atoms with Crippen molar-refractivity contribution in [3.05, 3.63) is 72.3 Å². The molecule has 1 aliphatic heterocycles. The average Bonchev–Trinajstić information content (AvgIpc) is 3.22. The minimum absolute atomic E-state index is 0.0316. The zero-order valence-electron chi connectivity index (χ0n) is 22.4. The normalized spacial score (nSPS) is 13.8. The number of methoxy groups -OCH3 is 1. The fourth-order valence-electron chi connectivity index (χ4n) is 4.41. The van der Waals surface area contributed by atoms with Crippen molar-refractivity contribution in [2.24, 2.45) is 0 Å². The molecule has 9 nitrogen and oxygen atoms in total. The highest BCUT2D eigenvalue weighted by Gasteiger charge is 2.24. The van der Waals surface area contributed by atoms with Gasteiger partial charge in [0.2, 0.25) is 5.91 Å². The van der Waals surface area contributed by atoms with E-state index in [0.717, 1.165) is 35.8 Å². The molecule has 0 atom stereocenters. The summed E-state index contributed by atoms with van der Waals surface area (Å²) in [7, 11) is 5.57. The van der Waals surface area contributed by atoms with E-state index in [1.54, 1.807) is 24.1 Å². The molecule has 2 heterocycles. The fraction of sp³-hybridized carbons (Fsp3) is 0.379. The average molecular weight is 517 g/mol. The minimum atomic E-state index is -0.121. The Bertz CT molecular complexity index is 1190. The molecule has 9 heteroatoms. The van der Waals surface area contributed by atoms with E-state index in [-0.39, 0.29) is 18.4 Å². The van der Waals surface area contributed by atoms with Crippen LogP contribution in [-0.4, -0.2) is 104 Å². The number of amides is 2. The Labute approximate surface area is 224 Å². The van der Waals surface area contributed by atoms with Crippen molar-refractivity contribution in [2.75, 3.05) is 71.9 Å². The summed E-state index contributed by atoms with van der Waals surface area (Å²) < 4.78 is 5.22. The number of aromatic nitrogens is 2. The van der Waals surface area contributed by atoms with E-state index in [2.05, 4.69) is 15.1 Å². The van der Waals surface area contributed by atoms with Crippen LogP contribution >= 0.6 is 0 Å². The van der Waals surface area contributed by atoms with Crippen molar-refractivity contribution in [2.45, 2.75) is 6.42 Å². The molecule has 4 rings (SSSR count). The summed E-state index contributed by atoms with van der Waals surface area (Å²) in [6.45, 7) is 3.90. The van der Waals surface area contributed by atoms with E-state index >= 15 is 0 Å². The molecule has 2 aromatic carbocycles. The zero-order valence-corrected chi connectivity index (χ0v) is 22.4. The standard InChI is InChI=1S/C29H36N6O3/c1-32(2)18-19-35(29(37)24-8-5-4-6-9-24)22-28(36)34-17-7-16-33(20-21-34)27-15-14-26(30-31-27)23-10-12-25(38-3)13-11-23/h4-6,8-15H,7,16-22H2,1-3H3. The molecule has 1 fully saturated rings. The monoisotopic (exact) mass is 516 g/mol. The topological polar surface area (TPSA) is 82.1 Å². The van der Waals surface area contributed by atoms with Gasteiger partial charge < -0.3 is 24.3 Å². The summed E-state index contributed by atoms with van der Waals surface area (Å²) in [6.07, 6.45) is 0.817. The van der Waals surface area contributed by atoms with E-state index < -0.39 is 0 Å². The number of ether oxygens (including phenoxy) is 1. The van der Waals surface area contributed by atoms with Gasteiger partial charge in [-0.3, -0.25) is 9.59 Å². The summed E-state index contributed by atoms with van der Waals surface area (Å²) >= 11 is 0. The molecule has 0 spiro atoms. The van der Waals surface area contributed by atoms with Crippen LogP contribution in [0.1, 0.15) is 16.8 Å². The van der Waals surface area contributed by atoms with Crippen molar-refractivity contribution in [3.63, 3.8) is 0 Å². The molecule has 0 N–H and O–H groups in total. The van der Waals surface area contributed by atoms with Gasteiger partial charge in [0, 0.05) is 50.4 Å². The highest BCUT2D eigenvalue weighted by molar-refractivity contribution is 5.96. The maximum Gasteiger partial charge on any atom is 0.254 e. The SMILES string of the molecule is COc1ccc(-c2ccc(N3CCCN(C(=O)CN(CCN(C)C)C(=O)c4ccccc4)CC3)nn2)cc1. The van der Waals surface area contributed by atoms with Crippen molar-refractivity contribution in [3.8, 4) is 17.0 Å². The summed E-state index contributed by atoms with van der Waals surface area (Å²) in [5, 5.41) is 8.89. The minimum Gasteiger partial charge on any atom is -0.497 e. The van der Waals surface area contributed by atoms with Crippen LogP contribution in [-0.2, 0) is 4.79 Å². The number of rotatable bonds is 9. The van der Waals surface area contributed by atoms with Gasteiger partial charge in [-0.25, -0.2) is 0 Å².